The fourth-order valence-corrected chi connectivity index (χ4v) is 4.65. The van der Waals surface area contributed by atoms with Crippen molar-refractivity contribution in [3.05, 3.63) is 89.5 Å². The fraction of sp³-hybridized carbons (Fsp3) is 0.269. The standard InChI is InChI=1S/C26H27NO3S/c1-19-16-21(30-17-20-8-3-2-4-9-20)13-14-24(19)27-26(28)23-11-5-6-12-25(23)31-18-22-10-7-15-29-22/h2-6,8-9,11-14,16,22H,7,10,15,17-18H2,1H3,(H,27,28). The lowest BCUT2D eigenvalue weighted by Crippen LogP contribution is -2.14. The molecule has 5 heteroatoms. The Labute approximate surface area is 188 Å². The van der Waals surface area contributed by atoms with E-state index < -0.39 is 0 Å². The number of hydrogen-bond acceptors (Lipinski definition) is 4. The average Bonchev–Trinajstić information content (AvgIpc) is 3.32. The number of anilines is 1. The van der Waals surface area contributed by atoms with Crippen LogP contribution < -0.4 is 10.1 Å². The third-order valence-corrected chi connectivity index (χ3v) is 6.48. The Kier molecular flexibility index (Phi) is 7.28. The van der Waals surface area contributed by atoms with E-state index in [0.717, 1.165) is 52.7 Å². The summed E-state index contributed by atoms with van der Waals surface area (Å²) >= 11 is 1.69. The highest BCUT2D eigenvalue weighted by molar-refractivity contribution is 7.99. The zero-order valence-corrected chi connectivity index (χ0v) is 18.5. The number of amides is 1. The van der Waals surface area contributed by atoms with Crippen LogP contribution in [0.5, 0.6) is 5.75 Å². The largest absolute Gasteiger partial charge is 0.489 e. The number of carbonyl (C=O) groups is 1. The molecular weight excluding hydrogens is 406 g/mol. The minimum atomic E-state index is -0.100. The Morgan fingerprint density at radius 2 is 1.90 bits per heavy atom. The maximum Gasteiger partial charge on any atom is 0.256 e. The van der Waals surface area contributed by atoms with Gasteiger partial charge in [-0.05, 0) is 61.2 Å². The molecule has 4 rings (SSSR count). The topological polar surface area (TPSA) is 47.6 Å². The van der Waals surface area contributed by atoms with Gasteiger partial charge in [0, 0.05) is 22.9 Å². The summed E-state index contributed by atoms with van der Waals surface area (Å²) in [7, 11) is 0. The normalized spacial score (nSPS) is 15.6. The number of aryl methyl sites for hydroxylation is 1. The first kappa shape index (κ1) is 21.5. The molecule has 0 spiro atoms. The van der Waals surface area contributed by atoms with Crippen molar-refractivity contribution in [2.75, 3.05) is 17.7 Å². The number of benzene rings is 3. The summed E-state index contributed by atoms with van der Waals surface area (Å²) < 4.78 is 11.6. The van der Waals surface area contributed by atoms with Gasteiger partial charge >= 0.3 is 0 Å². The molecule has 3 aromatic rings. The number of thioether (sulfide) groups is 1. The molecule has 1 heterocycles. The number of carbonyl (C=O) groups excluding carboxylic acids is 1. The number of hydrogen-bond donors (Lipinski definition) is 1. The van der Waals surface area contributed by atoms with Crippen molar-refractivity contribution in [1.29, 1.82) is 0 Å². The number of ether oxygens (including phenoxy) is 2. The van der Waals surface area contributed by atoms with E-state index in [9.17, 15) is 4.79 Å². The maximum absolute atomic E-state index is 13.0. The quantitative estimate of drug-likeness (QED) is 0.436. The molecule has 0 bridgehead atoms. The third-order valence-electron chi connectivity index (χ3n) is 5.27. The predicted octanol–water partition coefficient (Wildman–Crippen LogP) is 6.10. The summed E-state index contributed by atoms with van der Waals surface area (Å²) in [5, 5.41) is 3.06. The summed E-state index contributed by atoms with van der Waals surface area (Å²) in [5.41, 5.74) is 3.56. The lowest BCUT2D eigenvalue weighted by Gasteiger charge is -2.14. The van der Waals surface area contributed by atoms with Gasteiger partial charge in [0.1, 0.15) is 12.4 Å². The molecule has 1 amide bonds. The molecule has 1 N–H and O–H groups in total. The molecule has 1 aliphatic heterocycles. The average molecular weight is 434 g/mol. The molecule has 0 radical (unpaired) electrons. The molecule has 31 heavy (non-hydrogen) atoms. The second-order valence-electron chi connectivity index (χ2n) is 7.65. The molecular formula is C26H27NO3S. The van der Waals surface area contributed by atoms with Crippen molar-refractivity contribution in [3.63, 3.8) is 0 Å². The molecule has 0 saturated carbocycles. The molecule has 4 nitrogen and oxygen atoms in total. The first-order valence-electron chi connectivity index (χ1n) is 10.6. The van der Waals surface area contributed by atoms with Gasteiger partial charge in [-0.15, -0.1) is 11.8 Å². The van der Waals surface area contributed by atoms with Crippen LogP contribution in [0.25, 0.3) is 0 Å². The molecule has 0 aliphatic carbocycles. The van der Waals surface area contributed by atoms with Crippen molar-refractivity contribution >= 4 is 23.4 Å². The number of rotatable bonds is 8. The fourth-order valence-electron chi connectivity index (χ4n) is 3.54. The minimum absolute atomic E-state index is 0.100. The second kappa shape index (κ2) is 10.5. The maximum atomic E-state index is 13.0. The molecule has 1 fully saturated rings. The lowest BCUT2D eigenvalue weighted by molar-refractivity contribution is 0.102. The van der Waals surface area contributed by atoms with Crippen molar-refractivity contribution in [2.45, 2.75) is 37.4 Å². The molecule has 1 atom stereocenters. The van der Waals surface area contributed by atoms with Gasteiger partial charge in [0.05, 0.1) is 11.7 Å². The van der Waals surface area contributed by atoms with Gasteiger partial charge in [0.2, 0.25) is 0 Å². The van der Waals surface area contributed by atoms with Gasteiger partial charge in [-0.3, -0.25) is 4.79 Å². The van der Waals surface area contributed by atoms with Crippen LogP contribution >= 0.6 is 11.8 Å². The van der Waals surface area contributed by atoms with Gasteiger partial charge in [-0.2, -0.15) is 0 Å². The summed E-state index contributed by atoms with van der Waals surface area (Å²) in [6.45, 7) is 3.34. The molecule has 1 saturated heterocycles. The Bertz CT molecular complexity index is 1020. The first-order valence-corrected chi connectivity index (χ1v) is 11.6. The van der Waals surface area contributed by atoms with Crippen LogP contribution in [-0.4, -0.2) is 24.4 Å². The number of nitrogens with one attached hydrogen (secondary N) is 1. The Hall–Kier alpha value is -2.76. The summed E-state index contributed by atoms with van der Waals surface area (Å²) in [5.74, 6) is 1.56. The van der Waals surface area contributed by atoms with Crippen molar-refractivity contribution in [2.24, 2.45) is 0 Å². The molecule has 1 aliphatic rings. The molecule has 160 valence electrons. The Morgan fingerprint density at radius 1 is 1.10 bits per heavy atom. The van der Waals surface area contributed by atoms with Crippen LogP contribution in [0, 0.1) is 6.92 Å². The molecule has 3 aromatic carbocycles. The van der Waals surface area contributed by atoms with Crippen molar-refractivity contribution in [1.82, 2.24) is 0 Å². The first-order chi connectivity index (χ1) is 15.2. The van der Waals surface area contributed by atoms with E-state index in [1.165, 1.54) is 0 Å². The van der Waals surface area contributed by atoms with Gasteiger partial charge in [-0.1, -0.05) is 42.5 Å². The summed E-state index contributed by atoms with van der Waals surface area (Å²) in [4.78, 5) is 14.0. The van der Waals surface area contributed by atoms with E-state index in [-0.39, 0.29) is 12.0 Å². The van der Waals surface area contributed by atoms with Gasteiger partial charge in [-0.25, -0.2) is 0 Å². The van der Waals surface area contributed by atoms with Gasteiger partial charge in [0.25, 0.3) is 5.91 Å². The second-order valence-corrected chi connectivity index (χ2v) is 8.71. The van der Waals surface area contributed by atoms with Crippen LogP contribution in [0.1, 0.15) is 34.3 Å². The Morgan fingerprint density at radius 3 is 2.68 bits per heavy atom. The van der Waals surface area contributed by atoms with E-state index in [0.29, 0.717) is 12.2 Å². The lowest BCUT2D eigenvalue weighted by atomic mass is 10.1. The van der Waals surface area contributed by atoms with Crippen molar-refractivity contribution < 1.29 is 14.3 Å². The molecule has 1 unspecified atom stereocenters. The van der Waals surface area contributed by atoms with E-state index in [1.54, 1.807) is 11.8 Å². The minimum Gasteiger partial charge on any atom is -0.489 e. The van der Waals surface area contributed by atoms with Crippen LogP contribution in [0.3, 0.4) is 0 Å². The van der Waals surface area contributed by atoms with Crippen LogP contribution in [-0.2, 0) is 11.3 Å². The van der Waals surface area contributed by atoms with E-state index in [4.69, 9.17) is 9.47 Å². The highest BCUT2D eigenvalue weighted by atomic mass is 32.2. The Balaban J connectivity index is 1.39. The van der Waals surface area contributed by atoms with E-state index in [1.807, 2.05) is 79.7 Å². The highest BCUT2D eigenvalue weighted by Gasteiger charge is 2.18. The summed E-state index contributed by atoms with van der Waals surface area (Å²) in [6.07, 6.45) is 2.50. The van der Waals surface area contributed by atoms with Gasteiger partial charge < -0.3 is 14.8 Å². The van der Waals surface area contributed by atoms with E-state index in [2.05, 4.69) is 5.32 Å². The van der Waals surface area contributed by atoms with E-state index >= 15 is 0 Å². The SMILES string of the molecule is Cc1cc(OCc2ccccc2)ccc1NC(=O)c1ccccc1SCC1CCCO1. The van der Waals surface area contributed by atoms with Crippen molar-refractivity contribution in [3.8, 4) is 5.75 Å². The molecule has 0 aromatic heterocycles. The van der Waals surface area contributed by atoms with Crippen LogP contribution in [0.2, 0.25) is 0 Å². The predicted molar refractivity (Wildman–Crippen MR) is 126 cm³/mol. The highest BCUT2D eigenvalue weighted by Crippen LogP contribution is 2.28. The van der Waals surface area contributed by atoms with Crippen LogP contribution in [0.4, 0.5) is 5.69 Å². The zero-order valence-electron chi connectivity index (χ0n) is 17.7. The smallest absolute Gasteiger partial charge is 0.256 e. The summed E-state index contributed by atoms with van der Waals surface area (Å²) in [6, 6.07) is 23.6. The monoisotopic (exact) mass is 433 g/mol. The van der Waals surface area contributed by atoms with Crippen LogP contribution in [0.15, 0.2) is 77.7 Å². The zero-order chi connectivity index (χ0) is 21.5. The third kappa shape index (κ3) is 5.90. The van der Waals surface area contributed by atoms with Gasteiger partial charge in [0.15, 0.2) is 0 Å².